The number of sulfonamides is 1. The summed E-state index contributed by atoms with van der Waals surface area (Å²) in [5, 5.41) is 2.12. The molecule has 164 valence electrons. The van der Waals surface area contributed by atoms with Crippen molar-refractivity contribution in [2.75, 3.05) is 39.5 Å². The third-order valence-corrected chi connectivity index (χ3v) is 7.93. The molecule has 6 nitrogen and oxygen atoms in total. The Balaban J connectivity index is 1.48. The van der Waals surface area contributed by atoms with Crippen LogP contribution in [0.2, 0.25) is 0 Å². The molecular weight excluding hydrogens is 418 g/mol. The van der Waals surface area contributed by atoms with Gasteiger partial charge in [-0.2, -0.15) is 0 Å². The molecule has 30 heavy (non-hydrogen) atoms. The molecule has 0 aliphatic carbocycles. The van der Waals surface area contributed by atoms with Gasteiger partial charge in [-0.25, -0.2) is 13.1 Å². The zero-order valence-corrected chi connectivity index (χ0v) is 19.3. The minimum absolute atomic E-state index is 0.00652. The molecule has 2 atom stereocenters. The number of likely N-dealkylation sites (tertiary alicyclic amines) is 2. The molecule has 8 heteroatoms. The molecule has 2 fully saturated rings. The summed E-state index contributed by atoms with van der Waals surface area (Å²) in [6.07, 6.45) is 3.14. The van der Waals surface area contributed by atoms with Crippen molar-refractivity contribution >= 4 is 21.4 Å². The summed E-state index contributed by atoms with van der Waals surface area (Å²) in [5.74, 6) is 0.867. The third kappa shape index (κ3) is 5.23. The first-order valence-electron chi connectivity index (χ1n) is 10.4. The SMILES string of the molecule is COc1ccc(CN2CCC(NS(C)(=O)=O)C3(CCN(Cc4cccs4)C3)C2)cc1. The van der Waals surface area contributed by atoms with Crippen molar-refractivity contribution in [3.05, 3.63) is 52.2 Å². The lowest BCUT2D eigenvalue weighted by atomic mass is 9.75. The van der Waals surface area contributed by atoms with Crippen molar-refractivity contribution in [2.24, 2.45) is 5.41 Å². The minimum Gasteiger partial charge on any atom is -0.497 e. The fraction of sp³-hybridized carbons (Fsp3) is 0.545. The van der Waals surface area contributed by atoms with Crippen LogP contribution in [0.25, 0.3) is 0 Å². The van der Waals surface area contributed by atoms with E-state index in [1.54, 1.807) is 18.4 Å². The Labute approximate surface area is 183 Å². The van der Waals surface area contributed by atoms with E-state index < -0.39 is 10.0 Å². The molecule has 1 aromatic carbocycles. The lowest BCUT2D eigenvalue weighted by Gasteiger charge is -2.46. The molecule has 3 heterocycles. The molecule has 4 rings (SSSR count). The van der Waals surface area contributed by atoms with E-state index >= 15 is 0 Å². The summed E-state index contributed by atoms with van der Waals surface area (Å²) in [6.45, 7) is 5.57. The number of thiophene rings is 1. The normalized spacial score (nSPS) is 25.7. The highest BCUT2D eigenvalue weighted by molar-refractivity contribution is 7.88. The maximum atomic E-state index is 12.1. The number of rotatable bonds is 7. The molecule has 0 saturated carbocycles. The maximum absolute atomic E-state index is 12.1. The van der Waals surface area contributed by atoms with Crippen LogP contribution in [0.4, 0.5) is 0 Å². The van der Waals surface area contributed by atoms with Gasteiger partial charge in [0, 0.05) is 49.1 Å². The number of methoxy groups -OCH3 is 1. The van der Waals surface area contributed by atoms with Gasteiger partial charge in [-0.15, -0.1) is 11.3 Å². The van der Waals surface area contributed by atoms with Crippen molar-refractivity contribution in [3.8, 4) is 5.75 Å². The lowest BCUT2D eigenvalue weighted by molar-refractivity contribution is 0.0594. The molecule has 0 amide bonds. The van der Waals surface area contributed by atoms with Gasteiger partial charge in [0.1, 0.15) is 5.75 Å². The average molecular weight is 450 g/mol. The minimum atomic E-state index is -3.24. The number of hydrogen-bond donors (Lipinski definition) is 1. The van der Waals surface area contributed by atoms with Gasteiger partial charge < -0.3 is 4.74 Å². The van der Waals surface area contributed by atoms with Crippen LogP contribution < -0.4 is 9.46 Å². The Morgan fingerprint density at radius 1 is 1.13 bits per heavy atom. The van der Waals surface area contributed by atoms with Gasteiger partial charge in [0.25, 0.3) is 0 Å². The fourth-order valence-corrected chi connectivity index (χ4v) is 6.61. The van der Waals surface area contributed by atoms with Gasteiger partial charge in [-0.05, 0) is 48.5 Å². The summed E-state index contributed by atoms with van der Waals surface area (Å²) in [4.78, 5) is 6.34. The largest absolute Gasteiger partial charge is 0.497 e. The van der Waals surface area contributed by atoms with E-state index in [9.17, 15) is 8.42 Å². The summed E-state index contributed by atoms with van der Waals surface area (Å²) < 4.78 is 32.4. The Morgan fingerprint density at radius 3 is 2.50 bits per heavy atom. The van der Waals surface area contributed by atoms with E-state index in [1.807, 2.05) is 12.1 Å². The zero-order valence-electron chi connectivity index (χ0n) is 17.7. The number of benzene rings is 1. The van der Waals surface area contributed by atoms with E-state index in [1.165, 1.54) is 16.7 Å². The van der Waals surface area contributed by atoms with Gasteiger partial charge in [0.05, 0.1) is 13.4 Å². The first-order valence-corrected chi connectivity index (χ1v) is 13.2. The number of hydrogen-bond acceptors (Lipinski definition) is 6. The monoisotopic (exact) mass is 449 g/mol. The average Bonchev–Trinajstić information content (AvgIpc) is 3.35. The Bertz CT molecular complexity index is 931. The summed E-state index contributed by atoms with van der Waals surface area (Å²) >= 11 is 1.79. The van der Waals surface area contributed by atoms with Crippen molar-refractivity contribution in [2.45, 2.75) is 32.0 Å². The molecule has 1 N–H and O–H groups in total. The zero-order chi connectivity index (χ0) is 21.2. The second kappa shape index (κ2) is 8.96. The Morgan fingerprint density at radius 2 is 1.87 bits per heavy atom. The van der Waals surface area contributed by atoms with Crippen LogP contribution in [-0.4, -0.2) is 63.8 Å². The van der Waals surface area contributed by atoms with Crippen molar-refractivity contribution < 1.29 is 13.2 Å². The third-order valence-electron chi connectivity index (χ3n) is 6.36. The molecular formula is C22H31N3O3S2. The van der Waals surface area contributed by atoms with E-state index in [4.69, 9.17) is 4.74 Å². The van der Waals surface area contributed by atoms with Crippen LogP contribution in [0.5, 0.6) is 5.75 Å². The van der Waals surface area contributed by atoms with Crippen LogP contribution in [0.15, 0.2) is 41.8 Å². The summed E-state index contributed by atoms with van der Waals surface area (Å²) in [7, 11) is -1.56. The molecule has 2 aliphatic rings. The number of nitrogens with one attached hydrogen (secondary N) is 1. The van der Waals surface area contributed by atoms with Gasteiger partial charge in [0.15, 0.2) is 0 Å². The van der Waals surface area contributed by atoms with Crippen LogP contribution in [-0.2, 0) is 23.1 Å². The van der Waals surface area contributed by atoms with Crippen LogP contribution in [0.1, 0.15) is 23.3 Å². The number of ether oxygens (including phenoxy) is 1. The number of nitrogens with zero attached hydrogens (tertiary/aromatic N) is 2. The van der Waals surface area contributed by atoms with E-state index in [2.05, 4.69) is 44.2 Å². The molecule has 1 spiro atoms. The summed E-state index contributed by atoms with van der Waals surface area (Å²) in [5.41, 5.74) is 1.21. The summed E-state index contributed by atoms with van der Waals surface area (Å²) in [6, 6.07) is 12.5. The second-order valence-corrected chi connectivity index (χ2v) is 11.5. The topological polar surface area (TPSA) is 61.9 Å². The quantitative estimate of drug-likeness (QED) is 0.704. The first kappa shape index (κ1) is 21.8. The molecule has 0 bridgehead atoms. The molecule has 2 saturated heterocycles. The molecule has 2 aliphatic heterocycles. The highest BCUT2D eigenvalue weighted by atomic mass is 32.2. The van der Waals surface area contributed by atoms with Crippen LogP contribution >= 0.6 is 11.3 Å². The van der Waals surface area contributed by atoms with Crippen molar-refractivity contribution in [3.63, 3.8) is 0 Å². The Kier molecular flexibility index (Phi) is 6.50. The standard InChI is InChI=1S/C22H31N3O3S2/c1-28-19-7-5-18(6-8-19)14-24-11-9-21(23-30(2,26)27)22(16-24)10-12-25(17-22)15-20-4-3-13-29-20/h3-8,13,21,23H,9-12,14-17H2,1-2H3. The fourth-order valence-electron chi connectivity index (χ4n) is 4.97. The first-order chi connectivity index (χ1) is 14.4. The predicted molar refractivity (Wildman–Crippen MR) is 121 cm³/mol. The highest BCUT2D eigenvalue weighted by Crippen LogP contribution is 2.40. The predicted octanol–water partition coefficient (Wildman–Crippen LogP) is 2.77. The smallest absolute Gasteiger partial charge is 0.208 e. The van der Waals surface area contributed by atoms with Crippen molar-refractivity contribution in [1.29, 1.82) is 0 Å². The van der Waals surface area contributed by atoms with Crippen LogP contribution in [0.3, 0.4) is 0 Å². The van der Waals surface area contributed by atoms with Crippen LogP contribution in [0, 0.1) is 5.41 Å². The van der Waals surface area contributed by atoms with Gasteiger partial charge in [-0.3, -0.25) is 9.80 Å². The number of piperidine rings is 1. The Hall–Kier alpha value is -1.45. The van der Waals surface area contributed by atoms with Gasteiger partial charge >= 0.3 is 0 Å². The molecule has 0 radical (unpaired) electrons. The molecule has 1 aromatic heterocycles. The lowest BCUT2D eigenvalue weighted by Crippen LogP contribution is -2.58. The maximum Gasteiger partial charge on any atom is 0.208 e. The molecule has 2 unspecified atom stereocenters. The second-order valence-electron chi connectivity index (χ2n) is 8.69. The van der Waals surface area contributed by atoms with Gasteiger partial charge in [-0.1, -0.05) is 18.2 Å². The van der Waals surface area contributed by atoms with E-state index in [0.717, 1.165) is 57.9 Å². The molecule has 2 aromatic rings. The highest BCUT2D eigenvalue weighted by Gasteiger charge is 2.48. The van der Waals surface area contributed by atoms with E-state index in [0.29, 0.717) is 0 Å². The van der Waals surface area contributed by atoms with E-state index in [-0.39, 0.29) is 11.5 Å². The van der Waals surface area contributed by atoms with Crippen molar-refractivity contribution in [1.82, 2.24) is 14.5 Å². The van der Waals surface area contributed by atoms with Gasteiger partial charge in [0.2, 0.25) is 10.0 Å².